The minimum atomic E-state index is -3.75. The van der Waals surface area contributed by atoms with Crippen LogP contribution in [0.1, 0.15) is 32.2 Å². The van der Waals surface area contributed by atoms with Crippen molar-refractivity contribution in [2.45, 2.75) is 32.0 Å². The second-order valence-corrected chi connectivity index (χ2v) is 9.21. The molecule has 3 rings (SSSR count). The fraction of sp³-hybridized carbons (Fsp3) is 0.529. The number of hydrogen-bond donors (Lipinski definition) is 1. The van der Waals surface area contributed by atoms with E-state index in [9.17, 15) is 13.5 Å². The summed E-state index contributed by atoms with van der Waals surface area (Å²) in [4.78, 5) is 8.49. The first-order valence-corrected chi connectivity index (χ1v) is 9.77. The standard InChI is InChI=1S/C17H24N4O4S/c1-17(2)11-19-16(25-17)13-7-5-12(6-8-13)14(22)15-18-9-10-21(15)26(23,24)20(3)4/h5-7,9-10,13-14,22H,8,11H2,1-4H3. The lowest BCUT2D eigenvalue weighted by Crippen LogP contribution is -2.30. The first-order chi connectivity index (χ1) is 12.1. The third-order valence-electron chi connectivity index (χ3n) is 4.35. The second-order valence-electron chi connectivity index (χ2n) is 7.20. The van der Waals surface area contributed by atoms with Gasteiger partial charge in [-0.15, -0.1) is 0 Å². The Morgan fingerprint density at radius 2 is 2.15 bits per heavy atom. The van der Waals surface area contributed by atoms with Crippen LogP contribution in [0.25, 0.3) is 0 Å². The Labute approximate surface area is 153 Å². The number of ether oxygens (including phenoxy) is 1. The van der Waals surface area contributed by atoms with E-state index in [1.54, 1.807) is 6.08 Å². The highest BCUT2D eigenvalue weighted by Crippen LogP contribution is 2.30. The summed E-state index contributed by atoms with van der Waals surface area (Å²) in [5.41, 5.74) is 0.318. The molecule has 1 aliphatic carbocycles. The molecule has 1 aliphatic heterocycles. The van der Waals surface area contributed by atoms with Crippen molar-refractivity contribution in [1.29, 1.82) is 0 Å². The Kier molecular flexibility index (Phi) is 4.80. The summed E-state index contributed by atoms with van der Waals surface area (Å²) >= 11 is 0. The molecule has 2 unspecified atom stereocenters. The topological polar surface area (TPSA) is 97.0 Å². The quantitative estimate of drug-likeness (QED) is 0.830. The lowest BCUT2D eigenvalue weighted by Gasteiger charge is -2.23. The van der Waals surface area contributed by atoms with E-state index in [-0.39, 0.29) is 17.3 Å². The molecule has 0 spiro atoms. The van der Waals surface area contributed by atoms with Gasteiger partial charge in [-0.25, -0.2) is 8.96 Å². The van der Waals surface area contributed by atoms with E-state index in [0.29, 0.717) is 24.4 Å². The number of nitrogens with zero attached hydrogens (tertiary/aromatic N) is 4. The maximum absolute atomic E-state index is 12.4. The van der Waals surface area contributed by atoms with Crippen LogP contribution in [-0.4, -0.2) is 58.9 Å². The Hall–Kier alpha value is -1.97. The van der Waals surface area contributed by atoms with Gasteiger partial charge in [0, 0.05) is 26.5 Å². The van der Waals surface area contributed by atoms with Gasteiger partial charge >= 0.3 is 10.2 Å². The molecule has 0 saturated carbocycles. The molecule has 0 amide bonds. The zero-order chi connectivity index (χ0) is 19.1. The molecule has 26 heavy (non-hydrogen) atoms. The first-order valence-electron chi connectivity index (χ1n) is 8.38. The first kappa shape index (κ1) is 18.8. The van der Waals surface area contributed by atoms with Crippen molar-refractivity contribution in [3.05, 3.63) is 42.0 Å². The smallest absolute Gasteiger partial charge is 0.308 e. The van der Waals surface area contributed by atoms with Crippen molar-refractivity contribution >= 4 is 16.1 Å². The number of hydrogen-bond acceptors (Lipinski definition) is 6. The predicted molar refractivity (Wildman–Crippen MR) is 98.0 cm³/mol. The summed E-state index contributed by atoms with van der Waals surface area (Å²) in [5.74, 6) is 0.786. The number of aliphatic imine (C=N–C) groups is 1. The molecule has 8 nitrogen and oxygen atoms in total. The third kappa shape index (κ3) is 3.46. The minimum Gasteiger partial charge on any atom is -0.473 e. The zero-order valence-corrected chi connectivity index (χ0v) is 16.1. The molecule has 9 heteroatoms. The second kappa shape index (κ2) is 6.64. The molecule has 0 radical (unpaired) electrons. The van der Waals surface area contributed by atoms with Crippen LogP contribution in [0, 0.1) is 5.92 Å². The normalized spacial score (nSPS) is 23.5. The van der Waals surface area contributed by atoms with Crippen LogP contribution in [0.15, 0.2) is 41.2 Å². The Balaban J connectivity index is 1.77. The summed E-state index contributed by atoms with van der Waals surface area (Å²) in [5, 5.41) is 10.6. The Morgan fingerprint density at radius 3 is 2.69 bits per heavy atom. The van der Waals surface area contributed by atoms with E-state index in [1.807, 2.05) is 26.0 Å². The van der Waals surface area contributed by atoms with E-state index in [2.05, 4.69) is 9.98 Å². The molecular formula is C17H24N4O4S. The fourth-order valence-electron chi connectivity index (χ4n) is 2.85. The van der Waals surface area contributed by atoms with Gasteiger partial charge in [-0.3, -0.25) is 4.99 Å². The van der Waals surface area contributed by atoms with E-state index < -0.39 is 16.3 Å². The van der Waals surface area contributed by atoms with Crippen LogP contribution in [-0.2, 0) is 14.9 Å². The number of aromatic nitrogens is 2. The van der Waals surface area contributed by atoms with Crippen molar-refractivity contribution in [3.8, 4) is 0 Å². The van der Waals surface area contributed by atoms with Crippen molar-refractivity contribution in [1.82, 2.24) is 13.3 Å². The molecule has 0 aromatic carbocycles. The van der Waals surface area contributed by atoms with Gasteiger partial charge in [0.15, 0.2) is 11.7 Å². The summed E-state index contributed by atoms with van der Waals surface area (Å²) in [6.45, 7) is 4.61. The molecule has 0 saturated heterocycles. The van der Waals surface area contributed by atoms with E-state index in [4.69, 9.17) is 4.74 Å². The molecule has 2 heterocycles. The number of rotatable bonds is 5. The highest BCUT2D eigenvalue weighted by molar-refractivity contribution is 7.87. The lowest BCUT2D eigenvalue weighted by molar-refractivity contribution is 0.123. The molecule has 1 aromatic rings. The highest BCUT2D eigenvalue weighted by atomic mass is 32.2. The molecule has 0 bridgehead atoms. The Bertz CT molecular complexity index is 880. The maximum atomic E-state index is 12.4. The zero-order valence-electron chi connectivity index (χ0n) is 15.3. The largest absolute Gasteiger partial charge is 0.473 e. The number of allylic oxidation sites excluding steroid dienone is 1. The van der Waals surface area contributed by atoms with Gasteiger partial charge < -0.3 is 9.84 Å². The molecule has 1 N–H and O–H groups in total. The Morgan fingerprint density at radius 1 is 1.42 bits per heavy atom. The molecule has 142 valence electrons. The van der Waals surface area contributed by atoms with Gasteiger partial charge in [-0.1, -0.05) is 18.2 Å². The molecule has 1 aromatic heterocycles. The fourth-order valence-corrected chi connectivity index (χ4v) is 3.79. The van der Waals surface area contributed by atoms with Crippen molar-refractivity contribution in [2.24, 2.45) is 10.9 Å². The summed E-state index contributed by atoms with van der Waals surface area (Å²) in [7, 11) is -0.887. The summed E-state index contributed by atoms with van der Waals surface area (Å²) < 4.78 is 32.6. The van der Waals surface area contributed by atoms with Crippen LogP contribution in [0.2, 0.25) is 0 Å². The number of aliphatic hydroxyl groups excluding tert-OH is 1. The van der Waals surface area contributed by atoms with Crippen LogP contribution in [0.4, 0.5) is 0 Å². The lowest BCUT2D eigenvalue weighted by atomic mass is 9.93. The van der Waals surface area contributed by atoms with Crippen molar-refractivity contribution in [3.63, 3.8) is 0 Å². The van der Waals surface area contributed by atoms with E-state index >= 15 is 0 Å². The number of imidazole rings is 1. The third-order valence-corrected chi connectivity index (χ3v) is 6.08. The van der Waals surface area contributed by atoms with Crippen LogP contribution in [0.5, 0.6) is 0 Å². The highest BCUT2D eigenvalue weighted by Gasteiger charge is 2.32. The van der Waals surface area contributed by atoms with Crippen LogP contribution in [0.3, 0.4) is 0 Å². The van der Waals surface area contributed by atoms with Gasteiger partial charge in [-0.05, 0) is 25.8 Å². The number of aliphatic hydroxyl groups is 1. The van der Waals surface area contributed by atoms with Crippen LogP contribution < -0.4 is 0 Å². The van der Waals surface area contributed by atoms with Gasteiger partial charge in [0.2, 0.25) is 0 Å². The van der Waals surface area contributed by atoms with Gasteiger partial charge in [-0.2, -0.15) is 12.7 Å². The summed E-state index contributed by atoms with van der Waals surface area (Å²) in [6.07, 6.45) is 7.74. The molecule has 2 atom stereocenters. The summed E-state index contributed by atoms with van der Waals surface area (Å²) in [6, 6.07) is 0. The molecule has 2 aliphatic rings. The van der Waals surface area contributed by atoms with Gasteiger partial charge in [0.1, 0.15) is 11.7 Å². The minimum absolute atomic E-state index is 0.0259. The monoisotopic (exact) mass is 380 g/mol. The van der Waals surface area contributed by atoms with E-state index in [1.165, 1.54) is 26.5 Å². The van der Waals surface area contributed by atoms with Crippen LogP contribution >= 0.6 is 0 Å². The van der Waals surface area contributed by atoms with Gasteiger partial charge in [0.25, 0.3) is 0 Å². The predicted octanol–water partition coefficient (Wildman–Crippen LogP) is 1.28. The van der Waals surface area contributed by atoms with Crippen molar-refractivity contribution in [2.75, 3.05) is 20.6 Å². The molecular weight excluding hydrogens is 356 g/mol. The average Bonchev–Trinajstić information content (AvgIpc) is 3.21. The maximum Gasteiger partial charge on any atom is 0.308 e. The van der Waals surface area contributed by atoms with Gasteiger partial charge in [0.05, 0.1) is 12.5 Å². The van der Waals surface area contributed by atoms with Crippen molar-refractivity contribution < 1.29 is 18.3 Å². The van der Waals surface area contributed by atoms with E-state index in [0.717, 1.165) is 8.28 Å². The molecule has 0 fully saturated rings. The SMILES string of the molecule is CN(C)S(=O)(=O)n1ccnc1C(O)C1=CCC(C2=NCC(C)(C)O2)C=C1. The average molecular weight is 380 g/mol.